The lowest BCUT2D eigenvalue weighted by Gasteiger charge is -2.04. The average molecular weight is 412 g/mol. The summed E-state index contributed by atoms with van der Waals surface area (Å²) in [6, 6.07) is 14.3. The van der Waals surface area contributed by atoms with E-state index in [2.05, 4.69) is 20.3 Å². The van der Waals surface area contributed by atoms with Crippen LogP contribution in [0.3, 0.4) is 0 Å². The molecule has 0 spiro atoms. The summed E-state index contributed by atoms with van der Waals surface area (Å²) in [6.07, 6.45) is 1.17. The Morgan fingerprint density at radius 2 is 1.71 bits per heavy atom. The standard InChI is InChI=1S/C19H17N5O2S2/c1-11-5-3-4-6-14(11)21-19-22-15-16(20)23-17(24-18(15)27-19)12-7-9-13(10-8-12)28(2,25)26/h3-10H,1-2H3,(H,21,22)(H2,20,23,24). The second-order valence-electron chi connectivity index (χ2n) is 6.34. The summed E-state index contributed by atoms with van der Waals surface area (Å²) in [6.45, 7) is 2.02. The molecule has 2 aromatic heterocycles. The van der Waals surface area contributed by atoms with E-state index in [1.807, 2.05) is 31.2 Å². The number of anilines is 3. The van der Waals surface area contributed by atoms with Gasteiger partial charge in [-0.1, -0.05) is 29.5 Å². The molecule has 3 N–H and O–H groups in total. The minimum absolute atomic E-state index is 0.243. The first kappa shape index (κ1) is 18.3. The van der Waals surface area contributed by atoms with Crippen molar-refractivity contribution in [2.45, 2.75) is 11.8 Å². The van der Waals surface area contributed by atoms with Crippen LogP contribution in [0.25, 0.3) is 21.7 Å². The topological polar surface area (TPSA) is 111 Å². The zero-order valence-electron chi connectivity index (χ0n) is 15.2. The third kappa shape index (κ3) is 3.54. The largest absolute Gasteiger partial charge is 0.382 e. The van der Waals surface area contributed by atoms with Gasteiger partial charge in [-0.25, -0.2) is 23.4 Å². The minimum atomic E-state index is -3.26. The summed E-state index contributed by atoms with van der Waals surface area (Å²) >= 11 is 1.38. The maximum atomic E-state index is 11.6. The first-order chi connectivity index (χ1) is 13.3. The predicted octanol–water partition coefficient (Wildman–Crippen LogP) is 3.79. The lowest BCUT2D eigenvalue weighted by molar-refractivity contribution is 0.602. The van der Waals surface area contributed by atoms with Gasteiger partial charge in [-0.05, 0) is 42.8 Å². The number of fused-ring (bicyclic) bond motifs is 1. The molecule has 0 amide bonds. The summed E-state index contributed by atoms with van der Waals surface area (Å²) in [4.78, 5) is 14.3. The molecule has 2 heterocycles. The van der Waals surface area contributed by atoms with Crippen LogP contribution >= 0.6 is 11.3 Å². The molecule has 0 fully saturated rings. The molecule has 4 aromatic rings. The maximum absolute atomic E-state index is 11.6. The summed E-state index contributed by atoms with van der Waals surface area (Å²) in [5.41, 5.74) is 9.39. The number of benzene rings is 2. The molecule has 0 bridgehead atoms. The molecule has 28 heavy (non-hydrogen) atoms. The van der Waals surface area contributed by atoms with E-state index in [1.165, 1.54) is 29.7 Å². The molecule has 0 saturated heterocycles. The highest BCUT2D eigenvalue weighted by Gasteiger charge is 2.14. The van der Waals surface area contributed by atoms with Crippen LogP contribution in [0.15, 0.2) is 53.4 Å². The van der Waals surface area contributed by atoms with E-state index in [0.717, 1.165) is 11.3 Å². The number of hydrogen-bond donors (Lipinski definition) is 2. The summed E-state index contributed by atoms with van der Waals surface area (Å²) < 4.78 is 23.2. The predicted molar refractivity (Wildman–Crippen MR) is 113 cm³/mol. The fraction of sp³-hybridized carbons (Fsp3) is 0.105. The molecular formula is C19H17N5O2S2. The van der Waals surface area contributed by atoms with Gasteiger partial charge >= 0.3 is 0 Å². The van der Waals surface area contributed by atoms with Crippen molar-refractivity contribution in [3.8, 4) is 11.4 Å². The van der Waals surface area contributed by atoms with Gasteiger partial charge in [0.1, 0.15) is 5.52 Å². The summed E-state index contributed by atoms with van der Waals surface area (Å²) in [5.74, 6) is 0.706. The van der Waals surface area contributed by atoms with Crippen LogP contribution in [0.4, 0.5) is 16.6 Å². The number of thiazole rings is 1. The third-order valence-corrected chi connectivity index (χ3v) is 6.21. The Bertz CT molecular complexity index is 1280. The zero-order valence-corrected chi connectivity index (χ0v) is 16.8. The Balaban J connectivity index is 1.71. The highest BCUT2D eigenvalue weighted by Crippen LogP contribution is 2.32. The molecule has 7 nitrogen and oxygen atoms in total. The molecule has 0 saturated carbocycles. The van der Waals surface area contributed by atoms with Crippen molar-refractivity contribution in [1.29, 1.82) is 0 Å². The van der Waals surface area contributed by atoms with Gasteiger partial charge < -0.3 is 11.1 Å². The van der Waals surface area contributed by atoms with Gasteiger partial charge in [0, 0.05) is 17.5 Å². The van der Waals surface area contributed by atoms with Crippen molar-refractivity contribution in [2.75, 3.05) is 17.3 Å². The molecule has 0 atom stereocenters. The second kappa shape index (κ2) is 6.84. The van der Waals surface area contributed by atoms with Crippen LogP contribution in [-0.2, 0) is 9.84 Å². The number of nitrogens with two attached hydrogens (primary N) is 1. The van der Waals surface area contributed by atoms with Gasteiger partial charge in [-0.2, -0.15) is 0 Å². The van der Waals surface area contributed by atoms with E-state index in [-0.39, 0.29) is 10.7 Å². The Kier molecular flexibility index (Phi) is 4.48. The van der Waals surface area contributed by atoms with Crippen molar-refractivity contribution in [3.05, 3.63) is 54.1 Å². The van der Waals surface area contributed by atoms with E-state index >= 15 is 0 Å². The Hall–Kier alpha value is -3.04. The molecule has 0 unspecified atom stereocenters. The fourth-order valence-corrected chi connectivity index (χ4v) is 4.20. The molecule has 142 valence electrons. The smallest absolute Gasteiger partial charge is 0.189 e. The first-order valence-electron chi connectivity index (χ1n) is 8.38. The van der Waals surface area contributed by atoms with Gasteiger partial charge in [-0.15, -0.1) is 0 Å². The number of aryl methyl sites for hydroxylation is 1. The van der Waals surface area contributed by atoms with Gasteiger partial charge in [0.2, 0.25) is 0 Å². The number of rotatable bonds is 4. The molecule has 0 aliphatic rings. The molecule has 2 aromatic carbocycles. The lowest BCUT2D eigenvalue weighted by atomic mass is 10.2. The number of nitrogens with one attached hydrogen (secondary N) is 1. The molecule has 0 aliphatic heterocycles. The van der Waals surface area contributed by atoms with Gasteiger partial charge in [0.05, 0.1) is 4.90 Å². The third-order valence-electron chi connectivity index (χ3n) is 4.21. The van der Waals surface area contributed by atoms with Crippen LogP contribution in [-0.4, -0.2) is 29.6 Å². The summed E-state index contributed by atoms with van der Waals surface area (Å²) in [7, 11) is -3.26. The van der Waals surface area contributed by atoms with Crippen molar-refractivity contribution >= 4 is 48.2 Å². The molecule has 0 radical (unpaired) electrons. The molecule has 4 rings (SSSR count). The van der Waals surface area contributed by atoms with Crippen molar-refractivity contribution in [3.63, 3.8) is 0 Å². The van der Waals surface area contributed by atoms with E-state index in [9.17, 15) is 8.42 Å². The van der Waals surface area contributed by atoms with Crippen molar-refractivity contribution < 1.29 is 8.42 Å². The fourth-order valence-electron chi connectivity index (χ4n) is 2.71. The number of nitrogen functional groups attached to an aromatic ring is 1. The highest BCUT2D eigenvalue weighted by atomic mass is 32.2. The zero-order chi connectivity index (χ0) is 19.9. The van der Waals surface area contributed by atoms with Gasteiger partial charge in [0.25, 0.3) is 0 Å². The second-order valence-corrected chi connectivity index (χ2v) is 9.33. The first-order valence-corrected chi connectivity index (χ1v) is 11.1. The number of nitrogens with zero attached hydrogens (tertiary/aromatic N) is 3. The normalized spacial score (nSPS) is 11.6. The minimum Gasteiger partial charge on any atom is -0.382 e. The number of hydrogen-bond acceptors (Lipinski definition) is 8. The van der Waals surface area contributed by atoms with E-state index < -0.39 is 9.84 Å². The Labute approximate surface area is 166 Å². The van der Waals surface area contributed by atoms with Gasteiger partial charge in [-0.3, -0.25) is 0 Å². The highest BCUT2D eigenvalue weighted by molar-refractivity contribution is 7.90. The quantitative estimate of drug-likeness (QED) is 0.525. The van der Waals surface area contributed by atoms with Crippen molar-refractivity contribution in [2.24, 2.45) is 0 Å². The summed E-state index contributed by atoms with van der Waals surface area (Å²) in [5, 5.41) is 3.97. The van der Waals surface area contributed by atoms with Crippen LogP contribution in [0.5, 0.6) is 0 Å². The van der Waals surface area contributed by atoms with E-state index in [1.54, 1.807) is 12.1 Å². The Morgan fingerprint density at radius 1 is 1.00 bits per heavy atom. The van der Waals surface area contributed by atoms with Crippen LogP contribution < -0.4 is 11.1 Å². The van der Waals surface area contributed by atoms with E-state index in [0.29, 0.717) is 26.9 Å². The van der Waals surface area contributed by atoms with Crippen LogP contribution in [0, 0.1) is 6.92 Å². The molecular weight excluding hydrogens is 394 g/mol. The number of sulfone groups is 1. The lowest BCUT2D eigenvalue weighted by Crippen LogP contribution is -1.99. The van der Waals surface area contributed by atoms with E-state index in [4.69, 9.17) is 5.73 Å². The maximum Gasteiger partial charge on any atom is 0.189 e. The van der Waals surface area contributed by atoms with Crippen LogP contribution in [0.2, 0.25) is 0 Å². The SMILES string of the molecule is Cc1ccccc1Nc1nc2c(N)nc(-c3ccc(S(C)(=O)=O)cc3)nc2s1. The number of para-hydroxylation sites is 1. The monoisotopic (exact) mass is 411 g/mol. The van der Waals surface area contributed by atoms with Gasteiger partial charge in [0.15, 0.2) is 31.4 Å². The average Bonchev–Trinajstić information content (AvgIpc) is 3.06. The number of aromatic nitrogens is 3. The molecule has 0 aliphatic carbocycles. The Morgan fingerprint density at radius 3 is 2.39 bits per heavy atom. The molecule has 9 heteroatoms. The van der Waals surface area contributed by atoms with Crippen LogP contribution in [0.1, 0.15) is 5.56 Å². The van der Waals surface area contributed by atoms with Crippen molar-refractivity contribution in [1.82, 2.24) is 15.0 Å².